The smallest absolute Gasteiger partial charge is 0.229 e. The summed E-state index contributed by atoms with van der Waals surface area (Å²) in [6.07, 6.45) is 1.87. The minimum absolute atomic E-state index is 0.129. The lowest BCUT2D eigenvalue weighted by Crippen LogP contribution is -2.15. The van der Waals surface area contributed by atoms with Gasteiger partial charge in [-0.05, 0) is 17.7 Å². The van der Waals surface area contributed by atoms with Crippen molar-refractivity contribution in [2.24, 2.45) is 0 Å². The lowest BCUT2D eigenvalue weighted by Gasteiger charge is -2.04. The molecule has 1 heterocycles. The second-order valence-electron chi connectivity index (χ2n) is 4.10. The first-order valence-electron chi connectivity index (χ1n) is 6.17. The van der Waals surface area contributed by atoms with Crippen LogP contribution in [-0.2, 0) is 11.2 Å². The highest BCUT2D eigenvalue weighted by atomic mass is 16.2. The van der Waals surface area contributed by atoms with Crippen LogP contribution in [0.15, 0.2) is 48.7 Å². The van der Waals surface area contributed by atoms with E-state index in [4.69, 9.17) is 5.11 Å². The fourth-order valence-electron chi connectivity index (χ4n) is 1.69. The van der Waals surface area contributed by atoms with E-state index >= 15 is 0 Å². The highest BCUT2D eigenvalue weighted by molar-refractivity contribution is 5.91. The van der Waals surface area contributed by atoms with E-state index < -0.39 is 0 Å². The van der Waals surface area contributed by atoms with Crippen LogP contribution < -0.4 is 5.32 Å². The third-order valence-electron chi connectivity index (χ3n) is 2.55. The Morgan fingerprint density at radius 2 is 2.05 bits per heavy atom. The summed E-state index contributed by atoms with van der Waals surface area (Å²) in [6.45, 7) is -0.196. The Morgan fingerprint density at radius 3 is 2.80 bits per heavy atom. The molecule has 0 aliphatic carbocycles. The molecule has 100 valence electrons. The number of aromatic nitrogens is 1. The van der Waals surface area contributed by atoms with Gasteiger partial charge in [-0.15, -0.1) is 0 Å². The maximum atomic E-state index is 11.9. The molecule has 1 amide bonds. The van der Waals surface area contributed by atoms with E-state index in [1.807, 2.05) is 30.3 Å². The summed E-state index contributed by atoms with van der Waals surface area (Å²) in [5.74, 6) is 5.64. The van der Waals surface area contributed by atoms with Crippen LogP contribution in [0.5, 0.6) is 0 Å². The van der Waals surface area contributed by atoms with E-state index in [-0.39, 0.29) is 12.5 Å². The van der Waals surface area contributed by atoms with Gasteiger partial charge >= 0.3 is 0 Å². The van der Waals surface area contributed by atoms with Gasteiger partial charge in [-0.1, -0.05) is 42.2 Å². The minimum atomic E-state index is -0.196. The van der Waals surface area contributed by atoms with Crippen molar-refractivity contribution in [3.05, 3.63) is 59.8 Å². The van der Waals surface area contributed by atoms with E-state index in [0.717, 1.165) is 5.56 Å². The Bertz CT molecular complexity index is 642. The summed E-state index contributed by atoms with van der Waals surface area (Å²) in [4.78, 5) is 15.9. The second-order valence-corrected chi connectivity index (χ2v) is 4.10. The fourth-order valence-corrected chi connectivity index (χ4v) is 1.69. The van der Waals surface area contributed by atoms with Gasteiger partial charge in [-0.2, -0.15) is 0 Å². The molecule has 0 spiro atoms. The molecule has 20 heavy (non-hydrogen) atoms. The molecule has 0 fully saturated rings. The third kappa shape index (κ3) is 4.23. The average Bonchev–Trinajstić information content (AvgIpc) is 2.46. The summed E-state index contributed by atoms with van der Waals surface area (Å²) in [5, 5.41) is 11.4. The Labute approximate surface area is 117 Å². The van der Waals surface area contributed by atoms with Crippen LogP contribution in [0.25, 0.3) is 0 Å². The highest BCUT2D eigenvalue weighted by Gasteiger charge is 2.04. The number of rotatable bonds is 3. The summed E-state index contributed by atoms with van der Waals surface area (Å²) < 4.78 is 0. The number of anilines is 1. The van der Waals surface area contributed by atoms with Gasteiger partial charge in [-0.25, -0.2) is 4.98 Å². The van der Waals surface area contributed by atoms with E-state index in [9.17, 15) is 4.79 Å². The molecule has 0 bridgehead atoms. The number of carbonyl (C=O) groups is 1. The van der Waals surface area contributed by atoms with Crippen LogP contribution in [0.3, 0.4) is 0 Å². The lowest BCUT2D eigenvalue weighted by molar-refractivity contribution is -0.115. The summed E-state index contributed by atoms with van der Waals surface area (Å²) in [5.41, 5.74) is 1.64. The molecule has 4 nitrogen and oxygen atoms in total. The topological polar surface area (TPSA) is 62.2 Å². The van der Waals surface area contributed by atoms with Crippen LogP contribution in [0.1, 0.15) is 11.1 Å². The molecule has 0 aliphatic rings. The number of benzene rings is 1. The Morgan fingerprint density at radius 1 is 1.25 bits per heavy atom. The molecule has 2 rings (SSSR count). The summed E-state index contributed by atoms with van der Waals surface area (Å²) in [7, 11) is 0. The second kappa shape index (κ2) is 7.07. The van der Waals surface area contributed by atoms with Gasteiger partial charge in [0.25, 0.3) is 0 Å². The Balaban J connectivity index is 2.01. The maximum absolute atomic E-state index is 11.9. The zero-order valence-electron chi connectivity index (χ0n) is 10.8. The van der Waals surface area contributed by atoms with Crippen molar-refractivity contribution in [1.29, 1.82) is 0 Å². The van der Waals surface area contributed by atoms with Crippen LogP contribution >= 0.6 is 0 Å². The molecule has 0 saturated carbocycles. The predicted octanol–water partition coefficient (Wildman–Crippen LogP) is 1.61. The predicted molar refractivity (Wildman–Crippen MR) is 77.0 cm³/mol. The van der Waals surface area contributed by atoms with Crippen molar-refractivity contribution in [2.45, 2.75) is 6.42 Å². The van der Waals surface area contributed by atoms with E-state index in [1.165, 1.54) is 0 Å². The molecule has 1 aromatic carbocycles. The van der Waals surface area contributed by atoms with Crippen molar-refractivity contribution in [3.63, 3.8) is 0 Å². The highest BCUT2D eigenvalue weighted by Crippen LogP contribution is 2.07. The van der Waals surface area contributed by atoms with Crippen LogP contribution in [0, 0.1) is 11.8 Å². The van der Waals surface area contributed by atoms with Crippen molar-refractivity contribution >= 4 is 11.7 Å². The molecule has 0 radical (unpaired) electrons. The number of aliphatic hydroxyl groups excluding tert-OH is 1. The molecule has 0 aliphatic heterocycles. The van der Waals surface area contributed by atoms with Gasteiger partial charge in [-0.3, -0.25) is 4.79 Å². The van der Waals surface area contributed by atoms with Gasteiger partial charge in [0.2, 0.25) is 5.91 Å². The number of nitrogens with zero attached hydrogens (tertiary/aromatic N) is 1. The normalized spacial score (nSPS) is 9.45. The summed E-state index contributed by atoms with van der Waals surface area (Å²) in [6, 6.07) is 12.9. The zero-order valence-corrected chi connectivity index (χ0v) is 10.8. The number of amides is 1. The molecule has 0 atom stereocenters. The fraction of sp³-hybridized carbons (Fsp3) is 0.125. The van der Waals surface area contributed by atoms with Crippen molar-refractivity contribution in [1.82, 2.24) is 4.98 Å². The van der Waals surface area contributed by atoms with E-state index in [2.05, 4.69) is 22.1 Å². The third-order valence-corrected chi connectivity index (χ3v) is 2.55. The quantitative estimate of drug-likeness (QED) is 0.830. The van der Waals surface area contributed by atoms with Crippen LogP contribution in [0.2, 0.25) is 0 Å². The maximum Gasteiger partial charge on any atom is 0.229 e. The SMILES string of the molecule is O=C(Cc1ccccc1)Nc1cc(C#CCO)ccn1. The number of nitrogens with one attached hydrogen (secondary N) is 1. The monoisotopic (exact) mass is 266 g/mol. The van der Waals surface area contributed by atoms with E-state index in [1.54, 1.807) is 18.3 Å². The number of hydrogen-bond acceptors (Lipinski definition) is 3. The van der Waals surface area contributed by atoms with Gasteiger partial charge in [0.1, 0.15) is 12.4 Å². The molecule has 0 saturated heterocycles. The van der Waals surface area contributed by atoms with Gasteiger partial charge in [0.15, 0.2) is 0 Å². The number of aliphatic hydroxyl groups is 1. The molecule has 4 heteroatoms. The van der Waals surface area contributed by atoms with Crippen molar-refractivity contribution in [3.8, 4) is 11.8 Å². The first-order valence-corrected chi connectivity index (χ1v) is 6.17. The van der Waals surface area contributed by atoms with Crippen molar-refractivity contribution in [2.75, 3.05) is 11.9 Å². The molecule has 2 N–H and O–H groups in total. The molecule has 0 unspecified atom stereocenters. The molecular formula is C16H14N2O2. The molecule has 1 aromatic heterocycles. The van der Waals surface area contributed by atoms with Gasteiger partial charge < -0.3 is 10.4 Å². The number of pyridine rings is 1. The lowest BCUT2D eigenvalue weighted by atomic mass is 10.1. The molecular weight excluding hydrogens is 252 g/mol. The van der Waals surface area contributed by atoms with E-state index in [0.29, 0.717) is 17.8 Å². The van der Waals surface area contributed by atoms with Crippen LogP contribution in [-0.4, -0.2) is 22.6 Å². The van der Waals surface area contributed by atoms with Gasteiger partial charge in [0.05, 0.1) is 6.42 Å². The van der Waals surface area contributed by atoms with Crippen LogP contribution in [0.4, 0.5) is 5.82 Å². The first-order chi connectivity index (χ1) is 9.78. The number of hydrogen-bond donors (Lipinski definition) is 2. The largest absolute Gasteiger partial charge is 0.384 e. The average molecular weight is 266 g/mol. The number of carbonyl (C=O) groups excluding carboxylic acids is 1. The zero-order chi connectivity index (χ0) is 14.2. The minimum Gasteiger partial charge on any atom is -0.384 e. The first kappa shape index (κ1) is 13.8. The van der Waals surface area contributed by atoms with Gasteiger partial charge in [0, 0.05) is 11.8 Å². The Kier molecular flexibility index (Phi) is 4.87. The summed E-state index contributed by atoms with van der Waals surface area (Å²) >= 11 is 0. The standard InChI is InChI=1S/C16H14N2O2/c19-10-4-7-14-8-9-17-15(11-14)18-16(20)12-13-5-2-1-3-6-13/h1-3,5-6,8-9,11,19H,10,12H2,(H,17,18,20). The molecule has 2 aromatic rings. The Hall–Kier alpha value is -2.64. The van der Waals surface area contributed by atoms with Crippen molar-refractivity contribution < 1.29 is 9.90 Å².